The third kappa shape index (κ3) is 2.40. The van der Waals surface area contributed by atoms with Crippen LogP contribution in [0.4, 0.5) is 0 Å². The van der Waals surface area contributed by atoms with Crippen molar-refractivity contribution in [3.63, 3.8) is 0 Å². The molecule has 1 aliphatic heterocycles. The molecule has 2 heterocycles. The van der Waals surface area contributed by atoms with Crippen LogP contribution in [0.15, 0.2) is 21.6 Å². The van der Waals surface area contributed by atoms with Gasteiger partial charge in [0.15, 0.2) is 0 Å². The lowest BCUT2D eigenvalue weighted by atomic mass is 10.1. The smallest absolute Gasteiger partial charge is 0.371 e. The van der Waals surface area contributed by atoms with Crippen LogP contribution in [0.3, 0.4) is 0 Å². The number of β-amino-alcohol motifs (C(OH)–C–C–N with tert-alkyl or cyclic N) is 1. The minimum atomic E-state index is -3.86. The van der Waals surface area contributed by atoms with Crippen molar-refractivity contribution >= 4 is 16.0 Å². The van der Waals surface area contributed by atoms with Crippen molar-refractivity contribution in [1.82, 2.24) is 4.31 Å². The number of carbonyl (C=O) groups is 1. The fourth-order valence-electron chi connectivity index (χ4n) is 1.84. The number of piperidine rings is 1. The van der Waals surface area contributed by atoms with Crippen LogP contribution in [0.25, 0.3) is 0 Å². The molecular formula is C10H13NO6S. The molecule has 0 aliphatic carbocycles. The van der Waals surface area contributed by atoms with Crippen molar-refractivity contribution in [2.75, 3.05) is 13.1 Å². The van der Waals surface area contributed by atoms with Gasteiger partial charge in [-0.05, 0) is 25.0 Å². The number of hydrogen-bond donors (Lipinski definition) is 2. The zero-order chi connectivity index (χ0) is 13.3. The molecule has 0 aromatic carbocycles. The number of nitrogens with zero attached hydrogens (tertiary/aromatic N) is 1. The van der Waals surface area contributed by atoms with Gasteiger partial charge in [0, 0.05) is 13.1 Å². The molecule has 0 saturated carbocycles. The summed E-state index contributed by atoms with van der Waals surface area (Å²) in [5.41, 5.74) is 0. The molecule has 1 saturated heterocycles. The molecule has 0 radical (unpaired) electrons. The Hall–Kier alpha value is -1.38. The number of aliphatic hydroxyl groups is 1. The Labute approximate surface area is 104 Å². The van der Waals surface area contributed by atoms with Crippen LogP contribution in [-0.4, -0.2) is 48.1 Å². The average molecular weight is 275 g/mol. The summed E-state index contributed by atoms with van der Waals surface area (Å²) < 4.78 is 30.1. The molecule has 0 bridgehead atoms. The van der Waals surface area contributed by atoms with E-state index in [2.05, 4.69) is 0 Å². The Balaban J connectivity index is 2.26. The molecule has 8 heteroatoms. The van der Waals surface area contributed by atoms with Crippen LogP contribution in [0, 0.1) is 0 Å². The van der Waals surface area contributed by atoms with E-state index in [4.69, 9.17) is 9.52 Å². The minimum absolute atomic E-state index is 0.00539. The molecule has 1 unspecified atom stereocenters. The molecule has 1 aromatic heterocycles. The maximum atomic E-state index is 12.1. The molecule has 100 valence electrons. The minimum Gasteiger partial charge on any atom is -0.475 e. The van der Waals surface area contributed by atoms with Crippen LogP contribution < -0.4 is 0 Å². The predicted molar refractivity (Wildman–Crippen MR) is 59.7 cm³/mol. The van der Waals surface area contributed by atoms with Crippen LogP contribution >= 0.6 is 0 Å². The highest BCUT2D eigenvalue weighted by Gasteiger charge is 2.32. The van der Waals surface area contributed by atoms with E-state index < -0.39 is 32.9 Å². The highest BCUT2D eigenvalue weighted by molar-refractivity contribution is 7.89. The molecule has 0 spiro atoms. The summed E-state index contributed by atoms with van der Waals surface area (Å²) in [6, 6.07) is 2.20. The lowest BCUT2D eigenvalue weighted by molar-refractivity contribution is 0.0655. The standard InChI is InChI=1S/C10H13NO6S/c12-7-2-1-5-11(6-7)18(15,16)9-4-3-8(17-9)10(13)14/h3-4,7,12H,1-2,5-6H2,(H,13,14). The monoisotopic (exact) mass is 275 g/mol. The summed E-state index contributed by atoms with van der Waals surface area (Å²) in [6.45, 7) is 0.300. The first-order chi connectivity index (χ1) is 8.41. The third-order valence-electron chi connectivity index (χ3n) is 2.75. The Kier molecular flexibility index (Phi) is 3.42. The van der Waals surface area contributed by atoms with E-state index in [-0.39, 0.29) is 6.54 Å². The topological polar surface area (TPSA) is 108 Å². The molecule has 7 nitrogen and oxygen atoms in total. The lowest BCUT2D eigenvalue weighted by Crippen LogP contribution is -2.41. The van der Waals surface area contributed by atoms with Gasteiger partial charge in [0.1, 0.15) is 0 Å². The van der Waals surface area contributed by atoms with Crippen molar-refractivity contribution in [1.29, 1.82) is 0 Å². The van der Waals surface area contributed by atoms with Crippen LogP contribution in [-0.2, 0) is 10.0 Å². The number of aromatic carboxylic acids is 1. The summed E-state index contributed by atoms with van der Waals surface area (Å²) in [4.78, 5) is 10.6. The fraction of sp³-hybridized carbons (Fsp3) is 0.500. The van der Waals surface area contributed by atoms with Gasteiger partial charge in [-0.15, -0.1) is 0 Å². The van der Waals surface area contributed by atoms with Gasteiger partial charge in [0.05, 0.1) is 6.10 Å². The van der Waals surface area contributed by atoms with Gasteiger partial charge >= 0.3 is 5.97 Å². The highest BCUT2D eigenvalue weighted by atomic mass is 32.2. The van der Waals surface area contributed by atoms with Crippen molar-refractivity contribution in [3.05, 3.63) is 17.9 Å². The molecule has 2 N–H and O–H groups in total. The van der Waals surface area contributed by atoms with Crippen LogP contribution in [0.2, 0.25) is 0 Å². The summed E-state index contributed by atoms with van der Waals surface area (Å²) in [5, 5.41) is 17.7. The van der Waals surface area contributed by atoms with Crippen LogP contribution in [0.5, 0.6) is 0 Å². The van der Waals surface area contributed by atoms with E-state index in [0.717, 1.165) is 16.4 Å². The predicted octanol–water partition coefficient (Wildman–Crippen LogP) is 0.123. The van der Waals surface area contributed by atoms with Gasteiger partial charge in [0.2, 0.25) is 10.9 Å². The Morgan fingerprint density at radius 2 is 2.17 bits per heavy atom. The molecule has 1 aromatic rings. The fourth-order valence-corrected chi connectivity index (χ4v) is 3.27. The Morgan fingerprint density at radius 1 is 1.44 bits per heavy atom. The van der Waals surface area contributed by atoms with E-state index in [9.17, 15) is 18.3 Å². The number of rotatable bonds is 3. The zero-order valence-electron chi connectivity index (χ0n) is 9.44. The quantitative estimate of drug-likeness (QED) is 0.811. The van der Waals surface area contributed by atoms with E-state index >= 15 is 0 Å². The first-order valence-electron chi connectivity index (χ1n) is 5.42. The number of hydrogen-bond acceptors (Lipinski definition) is 5. The second-order valence-electron chi connectivity index (χ2n) is 4.08. The summed E-state index contributed by atoms with van der Waals surface area (Å²) in [7, 11) is -3.86. The van der Waals surface area contributed by atoms with Crippen LogP contribution in [0.1, 0.15) is 23.4 Å². The largest absolute Gasteiger partial charge is 0.475 e. The number of carboxylic acids is 1. The lowest BCUT2D eigenvalue weighted by Gasteiger charge is -2.28. The summed E-state index contributed by atoms with van der Waals surface area (Å²) >= 11 is 0. The van der Waals surface area contributed by atoms with Gasteiger partial charge in [-0.3, -0.25) is 0 Å². The summed E-state index contributed by atoms with van der Waals surface area (Å²) in [6.07, 6.45) is 0.430. The SMILES string of the molecule is O=C(O)c1ccc(S(=O)(=O)N2CCCC(O)C2)o1. The van der Waals surface area contributed by atoms with E-state index in [1.807, 2.05) is 0 Å². The summed E-state index contributed by atoms with van der Waals surface area (Å²) in [5.74, 6) is -1.75. The molecule has 18 heavy (non-hydrogen) atoms. The van der Waals surface area contributed by atoms with E-state index in [0.29, 0.717) is 19.4 Å². The van der Waals surface area contributed by atoms with E-state index in [1.54, 1.807) is 0 Å². The van der Waals surface area contributed by atoms with Gasteiger partial charge in [-0.1, -0.05) is 0 Å². The molecule has 1 aliphatic rings. The van der Waals surface area contributed by atoms with E-state index in [1.165, 1.54) is 0 Å². The second-order valence-corrected chi connectivity index (χ2v) is 5.95. The number of aliphatic hydroxyl groups excluding tert-OH is 1. The first-order valence-corrected chi connectivity index (χ1v) is 6.86. The average Bonchev–Trinajstić information content (AvgIpc) is 2.79. The molecule has 0 amide bonds. The second kappa shape index (κ2) is 4.71. The molecule has 1 fully saturated rings. The first kappa shape index (κ1) is 13.1. The Bertz CT molecular complexity index is 548. The highest BCUT2D eigenvalue weighted by Crippen LogP contribution is 2.22. The maximum Gasteiger partial charge on any atom is 0.371 e. The maximum absolute atomic E-state index is 12.1. The normalized spacial score (nSPS) is 21.9. The van der Waals surface area contributed by atoms with Crippen molar-refractivity contribution in [2.45, 2.75) is 24.0 Å². The zero-order valence-corrected chi connectivity index (χ0v) is 10.3. The van der Waals surface area contributed by atoms with Gasteiger partial charge < -0.3 is 14.6 Å². The molecule has 1 atom stereocenters. The Morgan fingerprint density at radius 3 is 2.72 bits per heavy atom. The number of furan rings is 1. The van der Waals surface area contributed by atoms with Crippen molar-refractivity contribution in [3.8, 4) is 0 Å². The van der Waals surface area contributed by atoms with Crippen molar-refractivity contribution in [2.24, 2.45) is 0 Å². The van der Waals surface area contributed by atoms with Gasteiger partial charge in [-0.2, -0.15) is 4.31 Å². The van der Waals surface area contributed by atoms with Gasteiger partial charge in [0.25, 0.3) is 10.0 Å². The molecule has 2 rings (SSSR count). The third-order valence-corrected chi connectivity index (χ3v) is 4.48. The number of carboxylic acid groups (broad SMARTS) is 1. The molecular weight excluding hydrogens is 262 g/mol. The number of sulfonamides is 1. The van der Waals surface area contributed by atoms with Crippen molar-refractivity contribution < 1.29 is 27.8 Å². The van der Waals surface area contributed by atoms with Gasteiger partial charge in [-0.25, -0.2) is 13.2 Å².